The molecule has 0 aliphatic heterocycles. The van der Waals surface area contributed by atoms with Gasteiger partial charge < -0.3 is 21.5 Å². The van der Waals surface area contributed by atoms with Gasteiger partial charge in [0.1, 0.15) is 6.10 Å². The maximum Gasteiger partial charge on any atom is 0.247 e. The Kier molecular flexibility index (Phi) is 8.35. The average molecular weight is 245 g/mol. The minimum absolute atomic E-state index is 0.0150. The maximum absolute atomic E-state index is 11.5. The fourth-order valence-corrected chi connectivity index (χ4v) is 1.22. The highest BCUT2D eigenvalue weighted by atomic mass is 16.3. The summed E-state index contributed by atoms with van der Waals surface area (Å²) in [5.74, 6) is -0.939. The maximum atomic E-state index is 11.5. The van der Waals surface area contributed by atoms with Crippen molar-refractivity contribution in [2.75, 3.05) is 13.1 Å². The van der Waals surface area contributed by atoms with Crippen LogP contribution in [0.1, 0.15) is 33.1 Å². The fourth-order valence-electron chi connectivity index (χ4n) is 1.22. The van der Waals surface area contributed by atoms with Gasteiger partial charge in [0.05, 0.1) is 6.04 Å². The first-order chi connectivity index (χ1) is 7.99. The number of hydrogen-bond donors (Lipinski definition) is 4. The second kappa shape index (κ2) is 8.95. The lowest BCUT2D eigenvalue weighted by molar-refractivity contribution is -0.127. The van der Waals surface area contributed by atoms with Crippen LogP contribution in [-0.4, -0.2) is 42.2 Å². The third kappa shape index (κ3) is 7.70. The van der Waals surface area contributed by atoms with Gasteiger partial charge in [-0.05, 0) is 13.3 Å². The number of carbonyl (C=O) groups excluding carboxylic acids is 2. The molecule has 0 fully saturated rings. The predicted molar refractivity (Wildman–Crippen MR) is 65.2 cm³/mol. The Bertz CT molecular complexity index is 246. The third-order valence-electron chi connectivity index (χ3n) is 2.42. The van der Waals surface area contributed by atoms with E-state index in [1.54, 1.807) is 6.92 Å². The number of hydrogen-bond acceptors (Lipinski definition) is 4. The molecule has 0 spiro atoms. The number of rotatable bonds is 9. The monoisotopic (exact) mass is 245 g/mol. The molecule has 0 radical (unpaired) electrons. The van der Waals surface area contributed by atoms with E-state index < -0.39 is 18.1 Å². The second-order valence-electron chi connectivity index (χ2n) is 4.05. The highest BCUT2D eigenvalue weighted by Crippen LogP contribution is 1.92. The van der Waals surface area contributed by atoms with Crippen molar-refractivity contribution in [2.45, 2.75) is 45.3 Å². The van der Waals surface area contributed by atoms with Gasteiger partial charge in [0.2, 0.25) is 11.8 Å². The van der Waals surface area contributed by atoms with E-state index in [-0.39, 0.29) is 12.5 Å². The third-order valence-corrected chi connectivity index (χ3v) is 2.42. The lowest BCUT2D eigenvalue weighted by Crippen LogP contribution is -2.47. The van der Waals surface area contributed by atoms with E-state index >= 15 is 0 Å². The molecule has 0 saturated carbocycles. The Labute approximate surface area is 102 Å². The summed E-state index contributed by atoms with van der Waals surface area (Å²) in [5, 5.41) is 14.6. The van der Waals surface area contributed by atoms with E-state index in [2.05, 4.69) is 17.6 Å². The van der Waals surface area contributed by atoms with Gasteiger partial charge >= 0.3 is 0 Å². The van der Waals surface area contributed by atoms with Crippen LogP contribution >= 0.6 is 0 Å². The number of aliphatic hydroxyl groups is 1. The zero-order valence-corrected chi connectivity index (χ0v) is 10.5. The molecular formula is C11H23N3O3. The molecule has 2 atom stereocenters. The summed E-state index contributed by atoms with van der Waals surface area (Å²) in [7, 11) is 0. The van der Waals surface area contributed by atoms with E-state index in [1.165, 1.54) is 0 Å². The molecule has 100 valence electrons. The first-order valence-electron chi connectivity index (χ1n) is 5.97. The Morgan fingerprint density at radius 1 is 1.35 bits per heavy atom. The topological polar surface area (TPSA) is 104 Å². The van der Waals surface area contributed by atoms with Crippen molar-refractivity contribution in [2.24, 2.45) is 5.73 Å². The number of nitrogens with one attached hydrogen (secondary N) is 2. The summed E-state index contributed by atoms with van der Waals surface area (Å²) >= 11 is 0. The van der Waals surface area contributed by atoms with Gasteiger partial charge in [0, 0.05) is 13.1 Å². The van der Waals surface area contributed by atoms with Gasteiger partial charge in [-0.25, -0.2) is 0 Å². The molecule has 6 nitrogen and oxygen atoms in total. The summed E-state index contributed by atoms with van der Waals surface area (Å²) in [6.07, 6.45) is 1.89. The highest BCUT2D eigenvalue weighted by molar-refractivity contribution is 5.81. The van der Waals surface area contributed by atoms with Crippen LogP contribution in [-0.2, 0) is 9.59 Å². The smallest absolute Gasteiger partial charge is 0.247 e. The molecule has 5 N–H and O–H groups in total. The SMILES string of the molecule is CCCCCNC(=O)C(C)NCC(O)C(N)=O. The van der Waals surface area contributed by atoms with Crippen LogP contribution in [0, 0.1) is 0 Å². The summed E-state index contributed by atoms with van der Waals surface area (Å²) < 4.78 is 0. The molecule has 0 aliphatic carbocycles. The van der Waals surface area contributed by atoms with Crippen molar-refractivity contribution in [1.82, 2.24) is 10.6 Å². The zero-order chi connectivity index (χ0) is 13.3. The first kappa shape index (κ1) is 15.9. The molecule has 0 aliphatic rings. The lowest BCUT2D eigenvalue weighted by atomic mass is 10.2. The largest absolute Gasteiger partial charge is 0.382 e. The molecule has 0 saturated heterocycles. The molecule has 0 aromatic rings. The summed E-state index contributed by atoms with van der Waals surface area (Å²) in [5.41, 5.74) is 4.88. The minimum atomic E-state index is -1.26. The molecule has 0 aromatic heterocycles. The number of carbonyl (C=O) groups is 2. The van der Waals surface area contributed by atoms with Crippen LogP contribution in [0.25, 0.3) is 0 Å². The van der Waals surface area contributed by atoms with Crippen molar-refractivity contribution >= 4 is 11.8 Å². The van der Waals surface area contributed by atoms with E-state index in [0.717, 1.165) is 19.3 Å². The number of amides is 2. The lowest BCUT2D eigenvalue weighted by Gasteiger charge is -2.15. The number of aliphatic hydroxyl groups excluding tert-OH is 1. The Balaban J connectivity index is 3.70. The van der Waals surface area contributed by atoms with Crippen molar-refractivity contribution in [1.29, 1.82) is 0 Å². The molecule has 0 aromatic carbocycles. The van der Waals surface area contributed by atoms with Gasteiger partial charge in [-0.15, -0.1) is 0 Å². The summed E-state index contributed by atoms with van der Waals surface area (Å²) in [6, 6.07) is -0.453. The molecule has 0 bridgehead atoms. The van der Waals surface area contributed by atoms with E-state index in [1.807, 2.05) is 0 Å². The van der Waals surface area contributed by atoms with Crippen molar-refractivity contribution in [3.8, 4) is 0 Å². The van der Waals surface area contributed by atoms with Crippen molar-refractivity contribution in [3.05, 3.63) is 0 Å². The quantitative estimate of drug-likeness (QED) is 0.396. The minimum Gasteiger partial charge on any atom is -0.382 e. The summed E-state index contributed by atoms with van der Waals surface area (Å²) in [4.78, 5) is 22.1. The normalized spacial score (nSPS) is 14.1. The van der Waals surface area contributed by atoms with Crippen LogP contribution < -0.4 is 16.4 Å². The van der Waals surface area contributed by atoms with Gasteiger partial charge in [0.15, 0.2) is 0 Å². The number of unbranched alkanes of at least 4 members (excludes halogenated alkanes) is 2. The Hall–Kier alpha value is -1.14. The molecule has 2 amide bonds. The van der Waals surface area contributed by atoms with Gasteiger partial charge in [-0.3, -0.25) is 9.59 Å². The van der Waals surface area contributed by atoms with E-state index in [4.69, 9.17) is 10.8 Å². The van der Waals surface area contributed by atoms with E-state index in [9.17, 15) is 9.59 Å². The van der Waals surface area contributed by atoms with Crippen LogP contribution in [0.5, 0.6) is 0 Å². The average Bonchev–Trinajstić information content (AvgIpc) is 2.30. The van der Waals surface area contributed by atoms with Crippen molar-refractivity contribution in [3.63, 3.8) is 0 Å². The molecule has 17 heavy (non-hydrogen) atoms. The van der Waals surface area contributed by atoms with Crippen LogP contribution in [0.2, 0.25) is 0 Å². The van der Waals surface area contributed by atoms with Crippen LogP contribution in [0.15, 0.2) is 0 Å². The van der Waals surface area contributed by atoms with E-state index in [0.29, 0.717) is 6.54 Å². The Morgan fingerprint density at radius 3 is 2.53 bits per heavy atom. The summed E-state index contributed by atoms with van der Waals surface area (Å²) in [6.45, 7) is 4.40. The van der Waals surface area contributed by atoms with Crippen LogP contribution in [0.4, 0.5) is 0 Å². The standard InChI is InChI=1S/C11H23N3O3/c1-3-4-5-6-13-11(17)8(2)14-7-9(15)10(12)16/h8-9,14-15H,3-7H2,1-2H3,(H2,12,16)(H,13,17). The van der Waals surface area contributed by atoms with Gasteiger partial charge in [-0.1, -0.05) is 19.8 Å². The zero-order valence-electron chi connectivity index (χ0n) is 10.5. The van der Waals surface area contributed by atoms with Crippen molar-refractivity contribution < 1.29 is 14.7 Å². The molecular weight excluding hydrogens is 222 g/mol. The second-order valence-corrected chi connectivity index (χ2v) is 4.05. The molecule has 2 unspecified atom stereocenters. The molecule has 6 heteroatoms. The van der Waals surface area contributed by atoms with Gasteiger partial charge in [-0.2, -0.15) is 0 Å². The van der Waals surface area contributed by atoms with Gasteiger partial charge in [0.25, 0.3) is 0 Å². The highest BCUT2D eigenvalue weighted by Gasteiger charge is 2.15. The van der Waals surface area contributed by atoms with Crippen LogP contribution in [0.3, 0.4) is 0 Å². The number of primary amides is 1. The number of nitrogens with two attached hydrogens (primary N) is 1. The Morgan fingerprint density at radius 2 is 2.00 bits per heavy atom. The first-order valence-corrected chi connectivity index (χ1v) is 5.97. The predicted octanol–water partition coefficient (Wildman–Crippen LogP) is -0.883. The fraction of sp³-hybridized carbons (Fsp3) is 0.818. The molecule has 0 rings (SSSR count). The molecule has 0 heterocycles.